The van der Waals surface area contributed by atoms with Crippen LogP contribution in [0, 0.1) is 0 Å². The van der Waals surface area contributed by atoms with Gasteiger partial charge >= 0.3 is 0 Å². The average molecular weight is 191 g/mol. The van der Waals surface area contributed by atoms with Crippen LogP contribution in [0.15, 0.2) is 18.3 Å². The number of hydrogen-bond donors (Lipinski definition) is 1. The lowest BCUT2D eigenvalue weighted by Gasteiger charge is -2.05. The van der Waals surface area contributed by atoms with Gasteiger partial charge in [0.05, 0.1) is 6.54 Å². The molecule has 0 saturated heterocycles. The fraction of sp³-hybridized carbons (Fsp3) is 0.444. The first-order valence-corrected chi connectivity index (χ1v) is 4.66. The van der Waals surface area contributed by atoms with Crippen LogP contribution in [0.1, 0.15) is 19.7 Å². The van der Waals surface area contributed by atoms with E-state index in [0.29, 0.717) is 12.6 Å². The maximum atomic E-state index is 4.17. The van der Waals surface area contributed by atoms with Crippen molar-refractivity contribution in [2.24, 2.45) is 0 Å². The lowest BCUT2D eigenvalue weighted by Crippen LogP contribution is -2.23. The van der Waals surface area contributed by atoms with Crippen LogP contribution >= 0.6 is 0 Å². The van der Waals surface area contributed by atoms with Gasteiger partial charge in [-0.25, -0.2) is 0 Å². The third kappa shape index (κ3) is 1.72. The second kappa shape index (κ2) is 3.71. The summed E-state index contributed by atoms with van der Waals surface area (Å²) in [5.74, 6) is 0.842. The van der Waals surface area contributed by atoms with Gasteiger partial charge in [0.15, 0.2) is 11.5 Å². The number of nitrogens with one attached hydrogen (secondary N) is 1. The van der Waals surface area contributed by atoms with Crippen molar-refractivity contribution in [1.29, 1.82) is 0 Å². The predicted molar refractivity (Wildman–Crippen MR) is 52.8 cm³/mol. The predicted octanol–water partition coefficient (Wildman–Crippen LogP) is 0.622. The Balaban J connectivity index is 2.25. The van der Waals surface area contributed by atoms with Crippen LogP contribution in [0.5, 0.6) is 0 Å². The first kappa shape index (κ1) is 9.08. The molecule has 74 valence electrons. The topological polar surface area (TPSA) is 55.1 Å². The molecule has 0 aliphatic rings. The Morgan fingerprint density at radius 1 is 1.43 bits per heavy atom. The van der Waals surface area contributed by atoms with Crippen LogP contribution in [0.25, 0.3) is 5.65 Å². The summed E-state index contributed by atoms with van der Waals surface area (Å²) in [6, 6.07) is 4.17. The highest BCUT2D eigenvalue weighted by atomic mass is 15.4. The highest BCUT2D eigenvalue weighted by Gasteiger charge is 2.05. The summed E-state index contributed by atoms with van der Waals surface area (Å²) in [6.45, 7) is 4.88. The Kier molecular flexibility index (Phi) is 2.41. The first-order valence-electron chi connectivity index (χ1n) is 4.66. The molecule has 5 heteroatoms. The van der Waals surface area contributed by atoms with Crippen LogP contribution in [-0.2, 0) is 6.54 Å². The van der Waals surface area contributed by atoms with Crippen LogP contribution in [0.3, 0.4) is 0 Å². The molecular weight excluding hydrogens is 178 g/mol. The van der Waals surface area contributed by atoms with Gasteiger partial charge in [0.25, 0.3) is 0 Å². The molecule has 2 heterocycles. The van der Waals surface area contributed by atoms with Crippen LogP contribution < -0.4 is 5.32 Å². The maximum Gasteiger partial charge on any atom is 0.177 e. The second-order valence-corrected chi connectivity index (χ2v) is 3.45. The standard InChI is InChI=1S/C9H13N5/c1-7(2)10-6-9-13-12-8-4-3-5-11-14(8)9/h3-5,7,10H,6H2,1-2H3. The number of rotatable bonds is 3. The smallest absolute Gasteiger partial charge is 0.177 e. The number of fused-ring (bicyclic) bond motifs is 1. The van der Waals surface area contributed by atoms with E-state index >= 15 is 0 Å². The summed E-state index contributed by atoms with van der Waals surface area (Å²) in [6.07, 6.45) is 1.73. The number of nitrogens with zero attached hydrogens (tertiary/aromatic N) is 4. The molecule has 0 fully saturated rings. The molecule has 1 N–H and O–H groups in total. The normalized spacial score (nSPS) is 11.4. The van der Waals surface area contributed by atoms with E-state index in [0.717, 1.165) is 11.5 Å². The Hall–Kier alpha value is -1.49. The van der Waals surface area contributed by atoms with E-state index in [-0.39, 0.29) is 0 Å². The monoisotopic (exact) mass is 191 g/mol. The lowest BCUT2D eigenvalue weighted by atomic mass is 10.4. The van der Waals surface area contributed by atoms with E-state index in [4.69, 9.17) is 0 Å². The van der Waals surface area contributed by atoms with Gasteiger partial charge in [-0.15, -0.1) is 10.2 Å². The van der Waals surface area contributed by atoms with Crippen LogP contribution in [-0.4, -0.2) is 25.9 Å². The van der Waals surface area contributed by atoms with Gasteiger partial charge in [0, 0.05) is 12.2 Å². The molecular formula is C9H13N5. The lowest BCUT2D eigenvalue weighted by molar-refractivity contribution is 0.563. The molecule has 0 atom stereocenters. The van der Waals surface area contributed by atoms with Crippen molar-refractivity contribution in [2.75, 3.05) is 0 Å². The molecule has 0 bridgehead atoms. The summed E-state index contributed by atoms with van der Waals surface area (Å²) < 4.78 is 1.75. The van der Waals surface area contributed by atoms with Crippen molar-refractivity contribution in [2.45, 2.75) is 26.4 Å². The van der Waals surface area contributed by atoms with E-state index in [9.17, 15) is 0 Å². The van der Waals surface area contributed by atoms with Gasteiger partial charge < -0.3 is 5.32 Å². The van der Waals surface area contributed by atoms with Gasteiger partial charge in [-0.05, 0) is 12.1 Å². The maximum absolute atomic E-state index is 4.17. The highest BCUT2D eigenvalue weighted by molar-refractivity contribution is 5.34. The highest BCUT2D eigenvalue weighted by Crippen LogP contribution is 1.99. The summed E-state index contributed by atoms with van der Waals surface area (Å²) in [7, 11) is 0. The quantitative estimate of drug-likeness (QED) is 0.772. The minimum Gasteiger partial charge on any atom is -0.308 e. The molecule has 14 heavy (non-hydrogen) atoms. The molecule has 0 aromatic carbocycles. The molecule has 2 aromatic heterocycles. The van der Waals surface area contributed by atoms with E-state index in [2.05, 4.69) is 34.5 Å². The molecule has 0 unspecified atom stereocenters. The Morgan fingerprint density at radius 2 is 2.29 bits per heavy atom. The van der Waals surface area contributed by atoms with E-state index < -0.39 is 0 Å². The van der Waals surface area contributed by atoms with Crippen molar-refractivity contribution >= 4 is 5.65 Å². The SMILES string of the molecule is CC(C)NCc1nnc2cccnn12. The number of hydrogen-bond acceptors (Lipinski definition) is 4. The minimum absolute atomic E-state index is 0.436. The summed E-state index contributed by atoms with van der Waals surface area (Å²) in [5, 5.41) is 15.5. The van der Waals surface area contributed by atoms with Crippen molar-refractivity contribution in [3.8, 4) is 0 Å². The van der Waals surface area contributed by atoms with Gasteiger partial charge in [0.2, 0.25) is 0 Å². The Labute approximate surface area is 82.2 Å². The van der Waals surface area contributed by atoms with Crippen molar-refractivity contribution in [3.63, 3.8) is 0 Å². The summed E-state index contributed by atoms with van der Waals surface area (Å²) in [5.41, 5.74) is 0.785. The van der Waals surface area contributed by atoms with E-state index in [1.54, 1.807) is 10.7 Å². The third-order valence-electron chi connectivity index (χ3n) is 1.91. The third-order valence-corrected chi connectivity index (χ3v) is 1.91. The van der Waals surface area contributed by atoms with E-state index in [1.807, 2.05) is 12.1 Å². The van der Waals surface area contributed by atoms with Gasteiger partial charge in [-0.2, -0.15) is 9.61 Å². The summed E-state index contributed by atoms with van der Waals surface area (Å²) >= 11 is 0. The molecule has 2 rings (SSSR count). The van der Waals surface area contributed by atoms with Crippen molar-refractivity contribution in [3.05, 3.63) is 24.2 Å². The zero-order valence-electron chi connectivity index (χ0n) is 8.31. The van der Waals surface area contributed by atoms with Crippen LogP contribution in [0.2, 0.25) is 0 Å². The Bertz CT molecular complexity index is 420. The van der Waals surface area contributed by atoms with E-state index in [1.165, 1.54) is 0 Å². The zero-order chi connectivity index (χ0) is 9.97. The fourth-order valence-electron chi connectivity index (χ4n) is 1.20. The molecule has 0 saturated carbocycles. The molecule has 0 aliphatic heterocycles. The average Bonchev–Trinajstić information content (AvgIpc) is 2.58. The van der Waals surface area contributed by atoms with Crippen molar-refractivity contribution in [1.82, 2.24) is 25.1 Å². The largest absolute Gasteiger partial charge is 0.308 e. The van der Waals surface area contributed by atoms with Gasteiger partial charge in [0.1, 0.15) is 0 Å². The first-order chi connectivity index (χ1) is 6.77. The fourth-order valence-corrected chi connectivity index (χ4v) is 1.20. The van der Waals surface area contributed by atoms with Crippen molar-refractivity contribution < 1.29 is 0 Å². The summed E-state index contributed by atoms with van der Waals surface area (Å²) in [4.78, 5) is 0. The Morgan fingerprint density at radius 3 is 3.07 bits per heavy atom. The minimum atomic E-state index is 0.436. The molecule has 0 spiro atoms. The van der Waals surface area contributed by atoms with Gasteiger partial charge in [-0.1, -0.05) is 13.8 Å². The number of aromatic nitrogens is 4. The molecule has 2 aromatic rings. The molecule has 0 aliphatic carbocycles. The van der Waals surface area contributed by atoms with Gasteiger partial charge in [-0.3, -0.25) is 0 Å². The molecule has 0 radical (unpaired) electrons. The zero-order valence-corrected chi connectivity index (χ0v) is 8.31. The second-order valence-electron chi connectivity index (χ2n) is 3.45. The van der Waals surface area contributed by atoms with Crippen LogP contribution in [0.4, 0.5) is 0 Å². The molecule has 0 amide bonds. The molecule has 5 nitrogen and oxygen atoms in total.